The number of hydrogen-bond donors (Lipinski definition) is 1. The number of nitrogens with two attached hydrogens (primary N) is 1. The summed E-state index contributed by atoms with van der Waals surface area (Å²) in [5.74, 6) is 1.37. The second kappa shape index (κ2) is 5.43. The van der Waals surface area contributed by atoms with E-state index in [9.17, 15) is 0 Å². The highest BCUT2D eigenvalue weighted by Gasteiger charge is 2.18. The third-order valence-electron chi connectivity index (χ3n) is 3.60. The van der Waals surface area contributed by atoms with Crippen LogP contribution in [0.2, 0.25) is 5.02 Å². The molecule has 1 atom stereocenters. The Morgan fingerprint density at radius 3 is 2.71 bits per heavy atom. The lowest BCUT2D eigenvalue weighted by Crippen LogP contribution is -2.12. The van der Waals surface area contributed by atoms with Crippen LogP contribution in [0.4, 0.5) is 0 Å². The zero-order valence-electron chi connectivity index (χ0n) is 11.9. The number of para-hydroxylation sites is 1. The number of fused-ring (bicyclic) bond motifs is 1. The van der Waals surface area contributed by atoms with Gasteiger partial charge in [0.1, 0.15) is 17.1 Å². The summed E-state index contributed by atoms with van der Waals surface area (Å²) >= 11 is 5.99. The fourth-order valence-electron chi connectivity index (χ4n) is 2.48. The molecule has 0 radical (unpaired) electrons. The number of halogens is 1. The van der Waals surface area contributed by atoms with E-state index in [-0.39, 0.29) is 0 Å². The van der Waals surface area contributed by atoms with Gasteiger partial charge in [0, 0.05) is 16.0 Å². The Labute approximate surface area is 128 Å². The van der Waals surface area contributed by atoms with Crippen LogP contribution in [0.3, 0.4) is 0 Å². The average molecular weight is 302 g/mol. The molecule has 21 heavy (non-hydrogen) atoms. The molecule has 108 valence electrons. The fourth-order valence-corrected chi connectivity index (χ4v) is 2.64. The van der Waals surface area contributed by atoms with Crippen molar-refractivity contribution in [2.75, 3.05) is 7.11 Å². The largest absolute Gasteiger partial charge is 0.496 e. The minimum Gasteiger partial charge on any atom is -0.496 e. The van der Waals surface area contributed by atoms with Gasteiger partial charge in [-0.2, -0.15) is 0 Å². The molecule has 0 aliphatic rings. The van der Waals surface area contributed by atoms with Crippen molar-refractivity contribution in [3.8, 4) is 5.75 Å². The molecule has 3 nitrogen and oxygen atoms in total. The molecule has 3 rings (SSSR count). The Hall–Kier alpha value is -1.97. The van der Waals surface area contributed by atoms with E-state index in [4.69, 9.17) is 26.5 Å². The maximum atomic E-state index is 6.34. The molecule has 4 heteroatoms. The second-order valence-electron chi connectivity index (χ2n) is 5.01. The molecule has 0 bridgehead atoms. The van der Waals surface area contributed by atoms with Crippen LogP contribution in [-0.2, 0) is 0 Å². The molecule has 0 spiro atoms. The molecule has 0 amide bonds. The first-order valence-corrected chi connectivity index (χ1v) is 7.06. The van der Waals surface area contributed by atoms with E-state index in [0.29, 0.717) is 16.5 Å². The van der Waals surface area contributed by atoms with Gasteiger partial charge in [-0.3, -0.25) is 0 Å². The van der Waals surface area contributed by atoms with Gasteiger partial charge in [-0.25, -0.2) is 0 Å². The number of hydrogen-bond acceptors (Lipinski definition) is 3. The summed E-state index contributed by atoms with van der Waals surface area (Å²) in [6, 6.07) is 13.0. The van der Waals surface area contributed by atoms with Crippen molar-refractivity contribution in [2.24, 2.45) is 5.73 Å². The molecule has 0 saturated heterocycles. The molecular formula is C17H16ClNO2. The van der Waals surface area contributed by atoms with Crippen molar-refractivity contribution >= 4 is 22.6 Å². The molecule has 0 aliphatic heterocycles. The molecule has 0 fully saturated rings. The summed E-state index contributed by atoms with van der Waals surface area (Å²) in [6.45, 7) is 2.02. The van der Waals surface area contributed by atoms with Gasteiger partial charge >= 0.3 is 0 Å². The van der Waals surface area contributed by atoms with Crippen LogP contribution >= 0.6 is 11.6 Å². The molecule has 1 aromatic heterocycles. The lowest BCUT2D eigenvalue weighted by molar-refractivity contribution is 0.404. The maximum absolute atomic E-state index is 6.34. The van der Waals surface area contributed by atoms with Gasteiger partial charge in [-0.05, 0) is 30.7 Å². The first-order chi connectivity index (χ1) is 10.1. The predicted octanol–water partition coefficient (Wildman–Crippen LogP) is 4.45. The van der Waals surface area contributed by atoms with Crippen molar-refractivity contribution in [3.05, 3.63) is 64.4 Å². The lowest BCUT2D eigenvalue weighted by atomic mass is 10.0. The van der Waals surface area contributed by atoms with Crippen molar-refractivity contribution in [2.45, 2.75) is 13.0 Å². The summed E-state index contributed by atoms with van der Waals surface area (Å²) in [7, 11) is 1.60. The minimum absolute atomic E-state index is 0.399. The van der Waals surface area contributed by atoms with E-state index >= 15 is 0 Å². The maximum Gasteiger partial charge on any atom is 0.137 e. The van der Waals surface area contributed by atoms with Gasteiger partial charge in [-0.1, -0.05) is 35.9 Å². The molecule has 1 heterocycles. The third kappa shape index (κ3) is 2.50. The van der Waals surface area contributed by atoms with Crippen LogP contribution in [0.25, 0.3) is 11.0 Å². The summed E-state index contributed by atoms with van der Waals surface area (Å²) in [4.78, 5) is 0. The second-order valence-corrected chi connectivity index (χ2v) is 5.44. The number of methoxy groups -OCH3 is 1. The molecule has 0 saturated carbocycles. The highest BCUT2D eigenvalue weighted by atomic mass is 35.5. The quantitative estimate of drug-likeness (QED) is 0.777. The minimum atomic E-state index is -0.399. The predicted molar refractivity (Wildman–Crippen MR) is 85.0 cm³/mol. The summed E-state index contributed by atoms with van der Waals surface area (Å²) in [5, 5.41) is 1.66. The van der Waals surface area contributed by atoms with Crippen LogP contribution in [0.1, 0.15) is 22.9 Å². The monoisotopic (exact) mass is 301 g/mol. The van der Waals surface area contributed by atoms with Crippen LogP contribution < -0.4 is 10.5 Å². The Kier molecular flexibility index (Phi) is 3.62. The zero-order valence-corrected chi connectivity index (χ0v) is 12.6. The molecule has 2 N–H and O–H groups in total. The topological polar surface area (TPSA) is 48.4 Å². The van der Waals surface area contributed by atoms with Gasteiger partial charge in [0.2, 0.25) is 0 Å². The Morgan fingerprint density at radius 1 is 1.19 bits per heavy atom. The van der Waals surface area contributed by atoms with Crippen molar-refractivity contribution in [1.29, 1.82) is 0 Å². The standard InChI is InChI=1S/C17H16ClNO2/c1-10-4-3-5-11-8-15(21-17(10)11)16(19)13-7-6-12(18)9-14(13)20-2/h3-9,16H,19H2,1-2H3. The summed E-state index contributed by atoms with van der Waals surface area (Å²) in [6.07, 6.45) is 0. The van der Waals surface area contributed by atoms with Crippen molar-refractivity contribution in [1.82, 2.24) is 0 Å². The molecule has 2 aromatic carbocycles. The van der Waals surface area contributed by atoms with Gasteiger partial charge in [0.05, 0.1) is 13.2 Å². The van der Waals surface area contributed by atoms with Crippen molar-refractivity contribution < 1.29 is 9.15 Å². The molecule has 3 aromatic rings. The van der Waals surface area contributed by atoms with Gasteiger partial charge in [0.25, 0.3) is 0 Å². The fraction of sp³-hybridized carbons (Fsp3) is 0.176. The van der Waals surface area contributed by atoms with E-state index in [2.05, 4.69) is 0 Å². The van der Waals surface area contributed by atoms with Crippen LogP contribution in [0.15, 0.2) is 46.9 Å². The number of benzene rings is 2. The number of aryl methyl sites for hydroxylation is 1. The number of ether oxygens (including phenoxy) is 1. The normalized spacial score (nSPS) is 12.6. The SMILES string of the molecule is COc1cc(Cl)ccc1C(N)c1cc2cccc(C)c2o1. The molecule has 1 unspecified atom stereocenters. The van der Waals surface area contributed by atoms with Gasteiger partial charge in [0.15, 0.2) is 0 Å². The van der Waals surface area contributed by atoms with Crippen LogP contribution in [0.5, 0.6) is 5.75 Å². The smallest absolute Gasteiger partial charge is 0.137 e. The summed E-state index contributed by atoms with van der Waals surface area (Å²) < 4.78 is 11.3. The van der Waals surface area contributed by atoms with E-state index in [1.807, 2.05) is 37.3 Å². The lowest BCUT2D eigenvalue weighted by Gasteiger charge is -2.14. The first-order valence-electron chi connectivity index (χ1n) is 6.68. The number of rotatable bonds is 3. The summed E-state index contributed by atoms with van der Waals surface area (Å²) in [5.41, 5.74) is 9.15. The highest BCUT2D eigenvalue weighted by molar-refractivity contribution is 6.30. The van der Waals surface area contributed by atoms with Crippen LogP contribution in [0, 0.1) is 6.92 Å². The molecular weight excluding hydrogens is 286 g/mol. The Balaban J connectivity index is 2.08. The first kappa shape index (κ1) is 14.0. The van der Waals surface area contributed by atoms with Crippen LogP contribution in [-0.4, -0.2) is 7.11 Å². The molecule has 0 aliphatic carbocycles. The van der Waals surface area contributed by atoms with E-state index in [0.717, 1.165) is 22.1 Å². The van der Waals surface area contributed by atoms with E-state index in [1.165, 1.54) is 0 Å². The Morgan fingerprint density at radius 2 is 2.00 bits per heavy atom. The average Bonchev–Trinajstić information content (AvgIpc) is 2.92. The Bertz CT molecular complexity index is 795. The number of furan rings is 1. The van der Waals surface area contributed by atoms with E-state index < -0.39 is 6.04 Å². The van der Waals surface area contributed by atoms with Gasteiger partial charge < -0.3 is 14.9 Å². The van der Waals surface area contributed by atoms with E-state index in [1.54, 1.807) is 19.2 Å². The van der Waals surface area contributed by atoms with Crippen molar-refractivity contribution in [3.63, 3.8) is 0 Å². The highest BCUT2D eigenvalue weighted by Crippen LogP contribution is 2.33. The third-order valence-corrected chi connectivity index (χ3v) is 3.83. The van der Waals surface area contributed by atoms with Gasteiger partial charge in [-0.15, -0.1) is 0 Å². The zero-order chi connectivity index (χ0) is 15.0.